The topological polar surface area (TPSA) is 24.9 Å². The lowest BCUT2D eigenvalue weighted by molar-refractivity contribution is 0.367. The van der Waals surface area contributed by atoms with E-state index in [9.17, 15) is 0 Å². The summed E-state index contributed by atoms with van der Waals surface area (Å²) in [5.74, 6) is 2.11. The third kappa shape index (κ3) is 4.07. The van der Waals surface area contributed by atoms with Crippen LogP contribution < -0.4 is 5.32 Å². The number of hydrogen-bond donors (Lipinski definition) is 1. The third-order valence-corrected chi connectivity index (χ3v) is 4.38. The van der Waals surface area contributed by atoms with Crippen molar-refractivity contribution in [2.75, 3.05) is 18.8 Å². The predicted molar refractivity (Wildman–Crippen MR) is 72.9 cm³/mol. The van der Waals surface area contributed by atoms with Crippen LogP contribution in [0.2, 0.25) is 0 Å². The molecule has 0 atom stereocenters. The minimum atomic E-state index is 0.921. The monoisotopic (exact) mass is 300 g/mol. The molecule has 1 aliphatic heterocycles. The van der Waals surface area contributed by atoms with Crippen molar-refractivity contribution in [3.8, 4) is 0 Å². The summed E-state index contributed by atoms with van der Waals surface area (Å²) in [6, 6.07) is 4.14. The molecule has 0 spiro atoms. The Balaban J connectivity index is 1.69. The number of thioether (sulfide) groups is 1. The number of aromatic nitrogens is 1. The van der Waals surface area contributed by atoms with Gasteiger partial charge in [-0.05, 0) is 72.1 Å². The summed E-state index contributed by atoms with van der Waals surface area (Å²) in [4.78, 5) is 4.36. The quantitative estimate of drug-likeness (QED) is 0.864. The molecule has 16 heavy (non-hydrogen) atoms. The van der Waals surface area contributed by atoms with Crippen molar-refractivity contribution < 1.29 is 0 Å². The second-order valence-corrected chi connectivity index (χ2v) is 6.18. The maximum Gasteiger partial charge on any atom is 0.0960 e. The van der Waals surface area contributed by atoms with E-state index < -0.39 is 0 Å². The molecular weight excluding hydrogens is 284 g/mol. The lowest BCUT2D eigenvalue weighted by Gasteiger charge is -2.22. The molecule has 1 aromatic rings. The Bertz CT molecular complexity index is 309. The molecule has 0 radical (unpaired) electrons. The molecule has 0 aliphatic carbocycles. The summed E-state index contributed by atoms with van der Waals surface area (Å²) in [6.07, 6.45) is 5.87. The number of hydrogen-bond acceptors (Lipinski definition) is 3. The molecule has 88 valence electrons. The van der Waals surface area contributed by atoms with E-state index in [1.54, 1.807) is 0 Å². The highest BCUT2D eigenvalue weighted by atomic mass is 79.9. The minimum absolute atomic E-state index is 0.921. The van der Waals surface area contributed by atoms with Gasteiger partial charge in [0.05, 0.1) is 5.03 Å². The van der Waals surface area contributed by atoms with Gasteiger partial charge in [0.15, 0.2) is 0 Å². The Morgan fingerprint density at radius 2 is 2.19 bits per heavy atom. The van der Waals surface area contributed by atoms with Crippen molar-refractivity contribution in [2.24, 2.45) is 5.92 Å². The standard InChI is InChI=1S/C12H17BrN2S/c13-11-1-2-12(15-9-11)16-8-5-10-3-6-14-7-4-10/h1-2,9-10,14H,3-8H2. The average molecular weight is 301 g/mol. The summed E-state index contributed by atoms with van der Waals surface area (Å²) < 4.78 is 1.05. The molecule has 0 aromatic carbocycles. The third-order valence-electron chi connectivity index (χ3n) is 2.94. The van der Waals surface area contributed by atoms with E-state index in [1.165, 1.54) is 38.1 Å². The molecule has 2 rings (SSSR count). The predicted octanol–water partition coefficient (Wildman–Crippen LogP) is 3.33. The van der Waals surface area contributed by atoms with Gasteiger partial charge < -0.3 is 5.32 Å². The number of piperidine rings is 1. The van der Waals surface area contributed by atoms with Gasteiger partial charge in [-0.1, -0.05) is 0 Å². The van der Waals surface area contributed by atoms with Crippen LogP contribution in [0.15, 0.2) is 27.8 Å². The molecule has 1 aromatic heterocycles. The number of nitrogens with one attached hydrogen (secondary N) is 1. The van der Waals surface area contributed by atoms with E-state index in [4.69, 9.17) is 0 Å². The first-order valence-electron chi connectivity index (χ1n) is 5.79. The summed E-state index contributed by atoms with van der Waals surface area (Å²) in [5.41, 5.74) is 0. The van der Waals surface area contributed by atoms with Crippen molar-refractivity contribution in [3.63, 3.8) is 0 Å². The molecular formula is C12H17BrN2S. The number of nitrogens with zero attached hydrogens (tertiary/aromatic N) is 1. The Morgan fingerprint density at radius 1 is 1.38 bits per heavy atom. The molecule has 0 saturated carbocycles. The highest BCUT2D eigenvalue weighted by Crippen LogP contribution is 2.23. The van der Waals surface area contributed by atoms with E-state index in [1.807, 2.05) is 18.0 Å². The zero-order chi connectivity index (χ0) is 11.2. The Kier molecular flexibility index (Phi) is 5.13. The lowest BCUT2D eigenvalue weighted by atomic mass is 9.96. The van der Waals surface area contributed by atoms with Crippen molar-refractivity contribution in [1.82, 2.24) is 10.3 Å². The maximum absolute atomic E-state index is 4.36. The maximum atomic E-state index is 4.36. The summed E-state index contributed by atoms with van der Waals surface area (Å²) >= 11 is 5.27. The van der Waals surface area contributed by atoms with Crippen LogP contribution in [0.3, 0.4) is 0 Å². The second-order valence-electron chi connectivity index (χ2n) is 4.15. The molecule has 1 N–H and O–H groups in total. The van der Waals surface area contributed by atoms with Crippen LogP contribution in [0.1, 0.15) is 19.3 Å². The highest BCUT2D eigenvalue weighted by Gasteiger charge is 2.12. The van der Waals surface area contributed by atoms with Crippen LogP contribution in [0.25, 0.3) is 0 Å². The van der Waals surface area contributed by atoms with Crippen molar-refractivity contribution in [1.29, 1.82) is 0 Å². The van der Waals surface area contributed by atoms with Gasteiger partial charge in [0.25, 0.3) is 0 Å². The zero-order valence-electron chi connectivity index (χ0n) is 9.29. The Hall–Kier alpha value is -0.0600. The number of rotatable bonds is 4. The smallest absolute Gasteiger partial charge is 0.0960 e. The van der Waals surface area contributed by atoms with Gasteiger partial charge in [-0.25, -0.2) is 4.98 Å². The zero-order valence-corrected chi connectivity index (χ0v) is 11.7. The Morgan fingerprint density at radius 3 is 2.88 bits per heavy atom. The second kappa shape index (κ2) is 6.62. The van der Waals surface area contributed by atoms with Crippen molar-refractivity contribution >= 4 is 27.7 Å². The van der Waals surface area contributed by atoms with E-state index in [2.05, 4.69) is 38.4 Å². The molecule has 4 heteroatoms. The largest absolute Gasteiger partial charge is 0.317 e. The van der Waals surface area contributed by atoms with Gasteiger partial charge in [-0.3, -0.25) is 0 Å². The molecule has 1 saturated heterocycles. The van der Waals surface area contributed by atoms with Crippen LogP contribution in [0.4, 0.5) is 0 Å². The van der Waals surface area contributed by atoms with E-state index in [0.29, 0.717) is 0 Å². The fraction of sp³-hybridized carbons (Fsp3) is 0.583. The van der Waals surface area contributed by atoms with Crippen molar-refractivity contribution in [2.45, 2.75) is 24.3 Å². The van der Waals surface area contributed by atoms with Gasteiger partial charge in [-0.2, -0.15) is 0 Å². The molecule has 1 aliphatic rings. The first-order chi connectivity index (χ1) is 7.84. The molecule has 0 amide bonds. The molecule has 1 fully saturated rings. The first-order valence-corrected chi connectivity index (χ1v) is 7.57. The number of halogens is 1. The average Bonchev–Trinajstić information content (AvgIpc) is 2.33. The van der Waals surface area contributed by atoms with Crippen LogP contribution in [-0.2, 0) is 0 Å². The lowest BCUT2D eigenvalue weighted by Crippen LogP contribution is -2.27. The minimum Gasteiger partial charge on any atom is -0.317 e. The van der Waals surface area contributed by atoms with Crippen LogP contribution in [-0.4, -0.2) is 23.8 Å². The normalized spacial score (nSPS) is 17.6. The van der Waals surface area contributed by atoms with Gasteiger partial charge in [0.1, 0.15) is 0 Å². The summed E-state index contributed by atoms with van der Waals surface area (Å²) in [6.45, 7) is 2.40. The fourth-order valence-corrected chi connectivity index (χ4v) is 3.13. The fourth-order valence-electron chi connectivity index (χ4n) is 1.95. The van der Waals surface area contributed by atoms with E-state index in [0.717, 1.165) is 15.4 Å². The van der Waals surface area contributed by atoms with E-state index >= 15 is 0 Å². The molecule has 0 bridgehead atoms. The Labute approximate surface area is 110 Å². The van der Waals surface area contributed by atoms with Crippen LogP contribution in [0, 0.1) is 5.92 Å². The first kappa shape index (κ1) is 12.4. The molecule has 2 heterocycles. The highest BCUT2D eigenvalue weighted by molar-refractivity contribution is 9.10. The van der Waals surface area contributed by atoms with Gasteiger partial charge in [-0.15, -0.1) is 11.8 Å². The summed E-state index contributed by atoms with van der Waals surface area (Å²) in [5, 5.41) is 4.54. The SMILES string of the molecule is Brc1ccc(SCCC2CCNCC2)nc1. The van der Waals surface area contributed by atoms with E-state index in [-0.39, 0.29) is 0 Å². The summed E-state index contributed by atoms with van der Waals surface area (Å²) in [7, 11) is 0. The van der Waals surface area contributed by atoms with Gasteiger partial charge in [0.2, 0.25) is 0 Å². The van der Waals surface area contributed by atoms with Crippen LogP contribution in [0.5, 0.6) is 0 Å². The van der Waals surface area contributed by atoms with Crippen molar-refractivity contribution in [3.05, 3.63) is 22.8 Å². The number of pyridine rings is 1. The van der Waals surface area contributed by atoms with Gasteiger partial charge >= 0.3 is 0 Å². The molecule has 2 nitrogen and oxygen atoms in total. The van der Waals surface area contributed by atoms with Gasteiger partial charge in [0, 0.05) is 10.7 Å². The van der Waals surface area contributed by atoms with Crippen LogP contribution >= 0.6 is 27.7 Å². The molecule has 0 unspecified atom stereocenters.